The summed E-state index contributed by atoms with van der Waals surface area (Å²) in [4.78, 5) is 4.29. The van der Waals surface area contributed by atoms with Crippen molar-refractivity contribution in [3.8, 4) is 11.5 Å². The number of ether oxygens (including phenoxy) is 2. The lowest BCUT2D eigenvalue weighted by Crippen LogP contribution is -2.17. The quantitative estimate of drug-likeness (QED) is 0.628. The first-order chi connectivity index (χ1) is 8.06. The van der Waals surface area contributed by atoms with Crippen molar-refractivity contribution in [3.63, 3.8) is 0 Å². The van der Waals surface area contributed by atoms with E-state index in [0.29, 0.717) is 18.0 Å². The second-order valence-electron chi connectivity index (χ2n) is 4.08. The fourth-order valence-corrected chi connectivity index (χ4v) is 1.58. The molecule has 0 aliphatic heterocycles. The number of methoxy groups -OCH3 is 2. The highest BCUT2D eigenvalue weighted by molar-refractivity contribution is 5.83. The van der Waals surface area contributed by atoms with Gasteiger partial charge in [-0.15, -0.1) is 0 Å². The van der Waals surface area contributed by atoms with Gasteiger partial charge in [0, 0.05) is 12.5 Å². The van der Waals surface area contributed by atoms with Crippen molar-refractivity contribution in [3.05, 3.63) is 23.8 Å². The molecule has 0 radical (unpaired) electrons. The molecule has 0 saturated carbocycles. The Morgan fingerprint density at radius 1 is 1.24 bits per heavy atom. The van der Waals surface area contributed by atoms with Crippen molar-refractivity contribution in [2.75, 3.05) is 14.2 Å². The lowest BCUT2D eigenvalue weighted by molar-refractivity contribution is 0.354. The first-order valence-electron chi connectivity index (χ1n) is 5.60. The summed E-state index contributed by atoms with van der Waals surface area (Å²) in [6, 6.07) is 5.97. The van der Waals surface area contributed by atoms with Gasteiger partial charge in [-0.3, -0.25) is 4.99 Å². The van der Waals surface area contributed by atoms with E-state index in [-0.39, 0.29) is 6.04 Å². The predicted molar refractivity (Wildman–Crippen MR) is 70.0 cm³/mol. The molecule has 0 aliphatic rings. The minimum absolute atomic E-state index is 0.218. The summed E-state index contributed by atoms with van der Waals surface area (Å²) in [6.45, 7) is 4.00. The molecule has 17 heavy (non-hydrogen) atoms. The average Bonchev–Trinajstić information content (AvgIpc) is 2.27. The normalized spacial score (nSPS) is 11.7. The molecule has 0 amide bonds. The summed E-state index contributed by atoms with van der Waals surface area (Å²) in [5.41, 5.74) is 6.91. The Morgan fingerprint density at radius 3 is 2.41 bits per heavy atom. The Balaban J connectivity index is 2.86. The molecule has 0 unspecified atom stereocenters. The van der Waals surface area contributed by atoms with E-state index in [4.69, 9.17) is 15.2 Å². The molecular weight excluding hydrogens is 216 g/mol. The molecule has 1 aromatic carbocycles. The van der Waals surface area contributed by atoms with Crippen molar-refractivity contribution in [1.29, 1.82) is 0 Å². The number of hydrogen-bond donors (Lipinski definition) is 1. The second kappa shape index (κ2) is 6.13. The van der Waals surface area contributed by atoms with Crippen LogP contribution in [0.15, 0.2) is 23.2 Å². The van der Waals surface area contributed by atoms with E-state index >= 15 is 0 Å². The molecule has 0 atom stereocenters. The van der Waals surface area contributed by atoms with Crippen LogP contribution in [0, 0.1) is 0 Å². The Hall–Kier alpha value is -1.71. The van der Waals surface area contributed by atoms with Gasteiger partial charge in [-0.1, -0.05) is 6.07 Å². The van der Waals surface area contributed by atoms with Crippen LogP contribution in [-0.4, -0.2) is 26.1 Å². The SMILES string of the molecule is COc1ccc(CC(N)=NC(C)C)cc1OC. The standard InChI is InChI=1S/C13H20N2O2/c1-9(2)15-13(14)8-10-5-6-11(16-3)12(7-10)17-4/h5-7,9H,8H2,1-4H3,(H2,14,15). The summed E-state index contributed by atoms with van der Waals surface area (Å²) in [7, 11) is 3.24. The average molecular weight is 236 g/mol. The maximum atomic E-state index is 5.85. The monoisotopic (exact) mass is 236 g/mol. The number of nitrogens with two attached hydrogens (primary N) is 1. The molecule has 94 valence electrons. The van der Waals surface area contributed by atoms with Crippen LogP contribution in [-0.2, 0) is 6.42 Å². The fraction of sp³-hybridized carbons (Fsp3) is 0.462. The highest BCUT2D eigenvalue weighted by atomic mass is 16.5. The van der Waals surface area contributed by atoms with Crippen LogP contribution in [0.2, 0.25) is 0 Å². The largest absolute Gasteiger partial charge is 0.493 e. The van der Waals surface area contributed by atoms with Crippen molar-refractivity contribution in [2.24, 2.45) is 10.7 Å². The van der Waals surface area contributed by atoms with Gasteiger partial charge in [-0.2, -0.15) is 0 Å². The molecule has 0 heterocycles. The smallest absolute Gasteiger partial charge is 0.161 e. The molecule has 4 nitrogen and oxygen atoms in total. The van der Waals surface area contributed by atoms with Gasteiger partial charge in [0.25, 0.3) is 0 Å². The lowest BCUT2D eigenvalue weighted by Gasteiger charge is -2.09. The number of aliphatic imine (C=N–C) groups is 1. The Labute approximate surface area is 102 Å². The van der Waals surface area contributed by atoms with Gasteiger partial charge in [-0.05, 0) is 31.5 Å². The molecule has 0 fully saturated rings. The van der Waals surface area contributed by atoms with E-state index in [9.17, 15) is 0 Å². The van der Waals surface area contributed by atoms with Gasteiger partial charge in [0.15, 0.2) is 11.5 Å². The molecular formula is C13H20N2O2. The Bertz CT molecular complexity index is 400. The van der Waals surface area contributed by atoms with Gasteiger partial charge in [0.05, 0.1) is 20.1 Å². The summed E-state index contributed by atoms with van der Waals surface area (Å²) < 4.78 is 10.4. The van der Waals surface area contributed by atoms with Crippen LogP contribution in [0.3, 0.4) is 0 Å². The van der Waals surface area contributed by atoms with Gasteiger partial charge in [0.1, 0.15) is 0 Å². The highest BCUT2D eigenvalue weighted by Gasteiger charge is 2.05. The number of amidine groups is 1. The van der Waals surface area contributed by atoms with Gasteiger partial charge >= 0.3 is 0 Å². The molecule has 0 bridgehead atoms. The predicted octanol–water partition coefficient (Wildman–Crippen LogP) is 2.01. The van der Waals surface area contributed by atoms with Crippen molar-refractivity contribution >= 4 is 5.84 Å². The summed E-state index contributed by atoms with van der Waals surface area (Å²) >= 11 is 0. The summed E-state index contributed by atoms with van der Waals surface area (Å²) in [6.07, 6.45) is 0.624. The van der Waals surface area contributed by atoms with Crippen molar-refractivity contribution in [1.82, 2.24) is 0 Å². The Morgan fingerprint density at radius 2 is 1.88 bits per heavy atom. The first-order valence-corrected chi connectivity index (χ1v) is 5.60. The fourth-order valence-electron chi connectivity index (χ4n) is 1.58. The Kier molecular flexibility index (Phi) is 4.82. The third kappa shape index (κ3) is 3.98. The van der Waals surface area contributed by atoms with Gasteiger partial charge < -0.3 is 15.2 Å². The zero-order valence-corrected chi connectivity index (χ0v) is 10.9. The molecule has 0 aliphatic carbocycles. The minimum atomic E-state index is 0.218. The van der Waals surface area contributed by atoms with E-state index in [1.807, 2.05) is 32.0 Å². The van der Waals surface area contributed by atoms with E-state index in [1.165, 1.54) is 0 Å². The van der Waals surface area contributed by atoms with E-state index in [2.05, 4.69) is 4.99 Å². The maximum Gasteiger partial charge on any atom is 0.161 e. The zero-order valence-electron chi connectivity index (χ0n) is 10.9. The lowest BCUT2D eigenvalue weighted by atomic mass is 10.1. The van der Waals surface area contributed by atoms with Gasteiger partial charge in [-0.25, -0.2) is 0 Å². The first kappa shape index (κ1) is 13.4. The minimum Gasteiger partial charge on any atom is -0.493 e. The van der Waals surface area contributed by atoms with Crippen molar-refractivity contribution in [2.45, 2.75) is 26.3 Å². The molecule has 2 N–H and O–H groups in total. The number of benzene rings is 1. The topological polar surface area (TPSA) is 56.8 Å². The molecule has 1 aromatic rings. The third-order valence-electron chi connectivity index (χ3n) is 2.26. The van der Waals surface area contributed by atoms with Crippen LogP contribution >= 0.6 is 0 Å². The number of nitrogens with zero attached hydrogens (tertiary/aromatic N) is 1. The van der Waals surface area contributed by atoms with Crippen molar-refractivity contribution < 1.29 is 9.47 Å². The van der Waals surface area contributed by atoms with Crippen LogP contribution in [0.25, 0.3) is 0 Å². The highest BCUT2D eigenvalue weighted by Crippen LogP contribution is 2.27. The number of rotatable bonds is 5. The maximum absolute atomic E-state index is 5.85. The third-order valence-corrected chi connectivity index (χ3v) is 2.26. The molecule has 0 saturated heterocycles. The molecule has 0 spiro atoms. The van der Waals surface area contributed by atoms with E-state index < -0.39 is 0 Å². The molecule has 1 rings (SSSR count). The van der Waals surface area contributed by atoms with Crippen LogP contribution in [0.1, 0.15) is 19.4 Å². The summed E-state index contributed by atoms with van der Waals surface area (Å²) in [5.74, 6) is 2.06. The summed E-state index contributed by atoms with van der Waals surface area (Å²) in [5, 5.41) is 0. The van der Waals surface area contributed by atoms with E-state index in [0.717, 1.165) is 11.3 Å². The van der Waals surface area contributed by atoms with Gasteiger partial charge in [0.2, 0.25) is 0 Å². The second-order valence-corrected chi connectivity index (χ2v) is 4.08. The van der Waals surface area contributed by atoms with Crippen LogP contribution in [0.4, 0.5) is 0 Å². The van der Waals surface area contributed by atoms with Crippen LogP contribution < -0.4 is 15.2 Å². The molecule has 4 heteroatoms. The van der Waals surface area contributed by atoms with E-state index in [1.54, 1.807) is 14.2 Å². The number of hydrogen-bond acceptors (Lipinski definition) is 3. The zero-order chi connectivity index (χ0) is 12.8. The molecule has 0 aromatic heterocycles. The van der Waals surface area contributed by atoms with Crippen LogP contribution in [0.5, 0.6) is 11.5 Å².